The Morgan fingerprint density at radius 2 is 2.11 bits per heavy atom. The molecule has 0 aliphatic rings. The zero-order chi connectivity index (χ0) is 14.0. The number of hydrogen-bond acceptors (Lipinski definition) is 3. The Hall–Kier alpha value is -2.04. The second kappa shape index (κ2) is 4.91. The van der Waals surface area contributed by atoms with Gasteiger partial charge in [-0.15, -0.1) is 0 Å². The molecule has 102 valence electrons. The maximum Gasteiger partial charge on any atom is 0.407 e. The van der Waals surface area contributed by atoms with Crippen LogP contribution in [0, 0.1) is 6.92 Å². The SMILES string of the molecule is Cc1ccc2nc(CNC(=O)OC(C)(C)C)cn2c1. The van der Waals surface area contributed by atoms with E-state index in [1.165, 1.54) is 0 Å². The molecular weight excluding hydrogens is 242 g/mol. The normalized spacial score (nSPS) is 11.6. The number of carbonyl (C=O) groups is 1. The summed E-state index contributed by atoms with van der Waals surface area (Å²) in [6.45, 7) is 7.88. The van der Waals surface area contributed by atoms with Gasteiger partial charge in [0.2, 0.25) is 0 Å². The fourth-order valence-electron chi connectivity index (χ4n) is 1.72. The summed E-state index contributed by atoms with van der Waals surface area (Å²) < 4.78 is 7.11. The van der Waals surface area contributed by atoms with Crippen molar-refractivity contribution in [2.24, 2.45) is 0 Å². The van der Waals surface area contributed by atoms with E-state index in [9.17, 15) is 4.79 Å². The van der Waals surface area contributed by atoms with Crippen LogP contribution in [0.4, 0.5) is 4.79 Å². The van der Waals surface area contributed by atoms with Gasteiger partial charge in [0.05, 0.1) is 12.2 Å². The third-order valence-corrected chi connectivity index (χ3v) is 2.46. The van der Waals surface area contributed by atoms with Gasteiger partial charge in [-0.2, -0.15) is 0 Å². The van der Waals surface area contributed by atoms with Crippen LogP contribution in [0.25, 0.3) is 5.65 Å². The number of fused-ring (bicyclic) bond motifs is 1. The van der Waals surface area contributed by atoms with Crippen LogP contribution in [0.3, 0.4) is 0 Å². The summed E-state index contributed by atoms with van der Waals surface area (Å²) in [6.07, 6.45) is 3.47. The Morgan fingerprint density at radius 1 is 1.37 bits per heavy atom. The molecule has 0 saturated heterocycles. The Morgan fingerprint density at radius 3 is 2.79 bits per heavy atom. The molecular formula is C14H19N3O2. The molecule has 19 heavy (non-hydrogen) atoms. The fraction of sp³-hybridized carbons (Fsp3) is 0.429. The predicted molar refractivity (Wildman–Crippen MR) is 73.0 cm³/mol. The lowest BCUT2D eigenvalue weighted by Crippen LogP contribution is -2.32. The molecule has 0 bridgehead atoms. The maximum atomic E-state index is 11.5. The van der Waals surface area contributed by atoms with Crippen LogP contribution in [-0.2, 0) is 11.3 Å². The third-order valence-electron chi connectivity index (χ3n) is 2.46. The van der Waals surface area contributed by atoms with Crippen molar-refractivity contribution in [1.82, 2.24) is 14.7 Å². The summed E-state index contributed by atoms with van der Waals surface area (Å²) in [5.74, 6) is 0. The Balaban J connectivity index is 2.00. The number of ether oxygens (including phenoxy) is 1. The zero-order valence-corrected chi connectivity index (χ0v) is 11.7. The Kier molecular flexibility index (Phi) is 3.46. The number of carbonyl (C=O) groups excluding carboxylic acids is 1. The summed E-state index contributed by atoms with van der Waals surface area (Å²) in [7, 11) is 0. The molecule has 0 fully saturated rings. The maximum absolute atomic E-state index is 11.5. The van der Waals surface area contributed by atoms with Crippen molar-refractivity contribution < 1.29 is 9.53 Å². The van der Waals surface area contributed by atoms with Crippen LogP contribution in [0.15, 0.2) is 24.5 Å². The second-order valence-electron chi connectivity index (χ2n) is 5.56. The lowest BCUT2D eigenvalue weighted by molar-refractivity contribution is 0.0523. The van der Waals surface area contributed by atoms with Gasteiger partial charge >= 0.3 is 6.09 Å². The van der Waals surface area contributed by atoms with Gasteiger partial charge in [0.15, 0.2) is 0 Å². The minimum atomic E-state index is -0.486. The molecule has 2 heterocycles. The molecule has 2 aromatic rings. The van der Waals surface area contributed by atoms with E-state index in [2.05, 4.69) is 10.3 Å². The topological polar surface area (TPSA) is 55.6 Å². The first-order valence-electron chi connectivity index (χ1n) is 6.24. The molecule has 5 nitrogen and oxygen atoms in total. The quantitative estimate of drug-likeness (QED) is 0.904. The van der Waals surface area contributed by atoms with E-state index in [0.29, 0.717) is 6.54 Å². The highest BCUT2D eigenvalue weighted by molar-refractivity contribution is 5.67. The Bertz CT molecular complexity index is 596. The molecule has 0 spiro atoms. The van der Waals surface area contributed by atoms with Crippen LogP contribution in [-0.4, -0.2) is 21.1 Å². The molecule has 5 heteroatoms. The highest BCUT2D eigenvalue weighted by Crippen LogP contribution is 2.09. The molecule has 2 aromatic heterocycles. The second-order valence-corrected chi connectivity index (χ2v) is 5.56. The summed E-state index contributed by atoms with van der Waals surface area (Å²) in [5, 5.41) is 2.69. The zero-order valence-electron chi connectivity index (χ0n) is 11.7. The van der Waals surface area contributed by atoms with Crippen LogP contribution < -0.4 is 5.32 Å². The molecule has 0 saturated carbocycles. The average Bonchev–Trinajstić information content (AvgIpc) is 2.66. The van der Waals surface area contributed by atoms with Crippen molar-refractivity contribution in [3.05, 3.63) is 35.8 Å². The number of aryl methyl sites for hydroxylation is 1. The number of imidazole rings is 1. The first-order chi connectivity index (χ1) is 8.83. The smallest absolute Gasteiger partial charge is 0.407 e. The van der Waals surface area contributed by atoms with Crippen LogP contribution >= 0.6 is 0 Å². The number of amides is 1. The molecule has 0 radical (unpaired) electrons. The first-order valence-corrected chi connectivity index (χ1v) is 6.24. The van der Waals surface area contributed by atoms with Crippen LogP contribution in [0.5, 0.6) is 0 Å². The number of aromatic nitrogens is 2. The number of alkyl carbamates (subject to hydrolysis) is 1. The molecule has 0 aliphatic heterocycles. The van der Waals surface area contributed by atoms with Gasteiger partial charge in [0.25, 0.3) is 0 Å². The van der Waals surface area contributed by atoms with Gasteiger partial charge in [-0.3, -0.25) is 0 Å². The van der Waals surface area contributed by atoms with Gasteiger partial charge in [-0.25, -0.2) is 9.78 Å². The molecule has 0 unspecified atom stereocenters. The van der Waals surface area contributed by atoms with Crippen molar-refractivity contribution in [3.63, 3.8) is 0 Å². The summed E-state index contributed by atoms with van der Waals surface area (Å²) in [6, 6.07) is 3.96. The van der Waals surface area contributed by atoms with E-state index in [0.717, 1.165) is 16.9 Å². The lowest BCUT2D eigenvalue weighted by Gasteiger charge is -2.19. The molecule has 2 rings (SSSR count). The highest BCUT2D eigenvalue weighted by Gasteiger charge is 2.16. The van der Waals surface area contributed by atoms with Crippen LogP contribution in [0.2, 0.25) is 0 Å². The van der Waals surface area contributed by atoms with Gasteiger partial charge in [-0.1, -0.05) is 6.07 Å². The minimum Gasteiger partial charge on any atom is -0.444 e. The van der Waals surface area contributed by atoms with Crippen molar-refractivity contribution in [2.45, 2.75) is 39.8 Å². The van der Waals surface area contributed by atoms with Gasteiger partial charge in [0, 0.05) is 12.4 Å². The Labute approximate surface area is 112 Å². The number of nitrogens with one attached hydrogen (secondary N) is 1. The van der Waals surface area contributed by atoms with Gasteiger partial charge in [0.1, 0.15) is 11.2 Å². The fourth-order valence-corrected chi connectivity index (χ4v) is 1.72. The van der Waals surface area contributed by atoms with E-state index < -0.39 is 11.7 Å². The number of rotatable bonds is 2. The van der Waals surface area contributed by atoms with E-state index in [1.54, 1.807) is 0 Å². The van der Waals surface area contributed by atoms with E-state index >= 15 is 0 Å². The molecule has 1 amide bonds. The molecule has 0 aliphatic carbocycles. The van der Waals surface area contributed by atoms with Crippen molar-refractivity contribution in [1.29, 1.82) is 0 Å². The third kappa shape index (κ3) is 3.71. The summed E-state index contributed by atoms with van der Waals surface area (Å²) >= 11 is 0. The van der Waals surface area contributed by atoms with Gasteiger partial charge < -0.3 is 14.5 Å². The lowest BCUT2D eigenvalue weighted by atomic mass is 10.2. The average molecular weight is 261 g/mol. The molecule has 0 atom stereocenters. The number of nitrogens with zero attached hydrogens (tertiary/aromatic N) is 2. The van der Waals surface area contributed by atoms with Gasteiger partial charge in [-0.05, 0) is 39.3 Å². The van der Waals surface area contributed by atoms with E-state index in [4.69, 9.17) is 4.74 Å². The van der Waals surface area contributed by atoms with Crippen molar-refractivity contribution >= 4 is 11.7 Å². The van der Waals surface area contributed by atoms with Crippen LogP contribution in [0.1, 0.15) is 32.0 Å². The molecule has 0 aromatic carbocycles. The largest absolute Gasteiger partial charge is 0.444 e. The minimum absolute atomic E-state index is 0.357. The van der Waals surface area contributed by atoms with Crippen molar-refractivity contribution in [2.75, 3.05) is 0 Å². The number of pyridine rings is 1. The first kappa shape index (κ1) is 13.4. The predicted octanol–water partition coefficient (Wildman–Crippen LogP) is 2.67. The summed E-state index contributed by atoms with van der Waals surface area (Å²) in [5.41, 5.74) is 2.35. The summed E-state index contributed by atoms with van der Waals surface area (Å²) in [4.78, 5) is 15.9. The van der Waals surface area contributed by atoms with E-state index in [1.807, 2.05) is 56.6 Å². The standard InChI is InChI=1S/C14H19N3O2/c1-10-5-6-12-16-11(9-17(12)8-10)7-15-13(18)19-14(2,3)4/h5-6,8-9H,7H2,1-4H3,(H,15,18). The monoisotopic (exact) mass is 261 g/mol. The molecule has 1 N–H and O–H groups in total. The number of hydrogen-bond donors (Lipinski definition) is 1. The van der Waals surface area contributed by atoms with E-state index in [-0.39, 0.29) is 0 Å². The van der Waals surface area contributed by atoms with Crippen molar-refractivity contribution in [3.8, 4) is 0 Å². The highest BCUT2D eigenvalue weighted by atomic mass is 16.6.